The normalized spacial score (nSPS) is 14.7. The first-order valence-corrected chi connectivity index (χ1v) is 12.8. The molecule has 0 saturated heterocycles. The van der Waals surface area contributed by atoms with Gasteiger partial charge in [0.05, 0.1) is 22.1 Å². The zero-order valence-corrected chi connectivity index (χ0v) is 19.7. The second-order valence-corrected chi connectivity index (χ2v) is 11.0. The van der Waals surface area contributed by atoms with Crippen molar-refractivity contribution in [1.82, 2.24) is 4.31 Å². The van der Waals surface area contributed by atoms with Crippen LogP contribution in [-0.4, -0.2) is 27.0 Å². The molecule has 0 radical (unpaired) electrons. The number of nitrogens with zero attached hydrogens (tertiary/aromatic N) is 2. The zero-order valence-electron chi connectivity index (χ0n) is 18.1. The van der Waals surface area contributed by atoms with Crippen molar-refractivity contribution < 1.29 is 25.8 Å². The lowest BCUT2D eigenvalue weighted by Crippen LogP contribution is -2.31. The smallest absolute Gasteiger partial charge is 0.338 e. The van der Waals surface area contributed by atoms with Gasteiger partial charge in [0.2, 0.25) is 0 Å². The van der Waals surface area contributed by atoms with Gasteiger partial charge in [-0.15, -0.1) is 0 Å². The summed E-state index contributed by atoms with van der Waals surface area (Å²) in [7, 11) is -8.73. The summed E-state index contributed by atoms with van der Waals surface area (Å²) in [5, 5.41) is 9.27. The van der Waals surface area contributed by atoms with Gasteiger partial charge in [-0.3, -0.25) is 4.79 Å². The van der Waals surface area contributed by atoms with Crippen molar-refractivity contribution in [2.24, 2.45) is 0 Å². The summed E-state index contributed by atoms with van der Waals surface area (Å²) in [5.41, 5.74) is 1.57. The van der Waals surface area contributed by atoms with Gasteiger partial charge in [-0.2, -0.15) is 18.0 Å². The third-order valence-corrected chi connectivity index (χ3v) is 8.12. The Hall–Kier alpha value is -3.94. The van der Waals surface area contributed by atoms with Crippen LogP contribution in [0.2, 0.25) is 0 Å². The molecule has 0 aliphatic carbocycles. The first-order chi connectivity index (χ1) is 16.0. The minimum absolute atomic E-state index is 0.00253. The van der Waals surface area contributed by atoms with Crippen LogP contribution in [0, 0.1) is 25.2 Å². The van der Waals surface area contributed by atoms with E-state index >= 15 is 0 Å². The lowest BCUT2D eigenvalue weighted by atomic mass is 10.1. The first-order valence-electron chi connectivity index (χ1n) is 9.95. The molecular weight excluding hydrogens is 476 g/mol. The highest BCUT2D eigenvalue weighted by Crippen LogP contribution is 2.38. The van der Waals surface area contributed by atoms with E-state index in [4.69, 9.17) is 4.18 Å². The van der Waals surface area contributed by atoms with E-state index < -0.39 is 26.0 Å². The summed E-state index contributed by atoms with van der Waals surface area (Å²) in [6.07, 6.45) is 0.714. The molecule has 0 atom stereocenters. The molecule has 0 fully saturated rings. The molecule has 0 aromatic heterocycles. The van der Waals surface area contributed by atoms with Crippen LogP contribution in [0.3, 0.4) is 0 Å². The molecule has 8 nitrogen and oxygen atoms in total. The number of carbonyl (C=O) groups is 1. The van der Waals surface area contributed by atoms with Crippen molar-refractivity contribution in [2.45, 2.75) is 23.6 Å². The number of hydrogen-bond donors (Lipinski definition) is 0. The van der Waals surface area contributed by atoms with Crippen LogP contribution in [0.5, 0.6) is 0 Å². The van der Waals surface area contributed by atoms with E-state index in [0.717, 1.165) is 11.1 Å². The Kier molecular flexibility index (Phi) is 5.77. The molecule has 3 aromatic carbocycles. The van der Waals surface area contributed by atoms with Gasteiger partial charge in [0.15, 0.2) is 0 Å². The quantitative estimate of drug-likeness (QED) is 0.391. The number of rotatable bonds is 5. The molecular formula is C24H18N2O6S2. The number of carbonyl (C=O) groups excluding carboxylic acids is 1. The second-order valence-electron chi connectivity index (χ2n) is 7.63. The molecule has 0 spiro atoms. The predicted octanol–water partition coefficient (Wildman–Crippen LogP) is 3.72. The van der Waals surface area contributed by atoms with Crippen LogP contribution in [0.1, 0.15) is 32.6 Å². The van der Waals surface area contributed by atoms with Crippen molar-refractivity contribution >= 4 is 31.7 Å². The van der Waals surface area contributed by atoms with E-state index in [1.807, 2.05) is 6.07 Å². The van der Waals surface area contributed by atoms with Crippen LogP contribution in [0.25, 0.3) is 5.70 Å². The van der Waals surface area contributed by atoms with E-state index in [1.54, 1.807) is 38.1 Å². The Morgan fingerprint density at radius 2 is 1.38 bits per heavy atom. The van der Waals surface area contributed by atoms with E-state index in [9.17, 15) is 26.9 Å². The lowest BCUT2D eigenvalue weighted by molar-refractivity contribution is 0.0916. The molecule has 3 aromatic rings. The summed E-state index contributed by atoms with van der Waals surface area (Å²) in [5.74, 6) is -0.886. The molecule has 0 unspecified atom stereocenters. The van der Waals surface area contributed by atoms with E-state index in [1.165, 1.54) is 42.5 Å². The molecule has 0 N–H and O–H groups in total. The molecule has 0 bridgehead atoms. The molecule has 4 rings (SSSR count). The van der Waals surface area contributed by atoms with Crippen LogP contribution < -0.4 is 0 Å². The van der Waals surface area contributed by atoms with Crippen molar-refractivity contribution in [2.75, 3.05) is 0 Å². The third kappa shape index (κ3) is 4.07. The summed E-state index contributed by atoms with van der Waals surface area (Å²) >= 11 is 0. The van der Waals surface area contributed by atoms with E-state index in [2.05, 4.69) is 0 Å². The average Bonchev–Trinajstić information content (AvgIpc) is 3.10. The van der Waals surface area contributed by atoms with Crippen molar-refractivity contribution in [1.29, 1.82) is 5.26 Å². The Morgan fingerprint density at radius 1 is 0.824 bits per heavy atom. The van der Waals surface area contributed by atoms with Gasteiger partial charge in [0.25, 0.3) is 15.9 Å². The Morgan fingerprint density at radius 3 is 1.94 bits per heavy atom. The van der Waals surface area contributed by atoms with Gasteiger partial charge in [-0.25, -0.2) is 8.42 Å². The van der Waals surface area contributed by atoms with Crippen LogP contribution in [0.4, 0.5) is 0 Å². The monoisotopic (exact) mass is 494 g/mol. The number of aryl methyl sites for hydroxylation is 2. The topological polar surface area (TPSA) is 122 Å². The third-order valence-electron chi connectivity index (χ3n) is 5.21. The van der Waals surface area contributed by atoms with Crippen LogP contribution in [0.15, 0.2) is 82.8 Å². The number of benzene rings is 3. The van der Waals surface area contributed by atoms with Crippen LogP contribution in [-0.2, 0) is 24.3 Å². The lowest BCUT2D eigenvalue weighted by Gasteiger charge is -2.18. The number of sulfonamides is 1. The number of hydrogen-bond acceptors (Lipinski definition) is 7. The molecule has 1 aliphatic heterocycles. The van der Waals surface area contributed by atoms with Gasteiger partial charge in [0.1, 0.15) is 16.9 Å². The fourth-order valence-electron chi connectivity index (χ4n) is 3.38. The van der Waals surface area contributed by atoms with Gasteiger partial charge in [-0.1, -0.05) is 35.4 Å². The van der Waals surface area contributed by atoms with Crippen LogP contribution >= 0.6 is 0 Å². The fourth-order valence-corrected chi connectivity index (χ4v) is 5.58. The molecule has 0 saturated carbocycles. The molecule has 10 heteroatoms. The Bertz CT molecular complexity index is 1580. The summed E-state index contributed by atoms with van der Waals surface area (Å²) in [6, 6.07) is 17.7. The standard InChI is InChI=1S/C24H18N2O6S2/c1-16-3-8-19(9-4-16)33(28,29)26-23(22-13-18(14-25)7-12-21(22)24(26)27)15-32-34(30,31)20-10-5-17(2)6-11-20/h3-13,15H,1-2H3/b23-15+. The van der Waals surface area contributed by atoms with Gasteiger partial charge in [-0.05, 0) is 56.3 Å². The average molecular weight is 495 g/mol. The first kappa shape index (κ1) is 23.2. The zero-order chi connectivity index (χ0) is 24.7. The van der Waals surface area contributed by atoms with Gasteiger partial charge >= 0.3 is 10.1 Å². The minimum atomic E-state index is -4.42. The molecule has 34 heavy (non-hydrogen) atoms. The molecule has 1 amide bonds. The number of fused-ring (bicyclic) bond motifs is 1. The Balaban J connectivity index is 1.85. The summed E-state index contributed by atoms with van der Waals surface area (Å²) in [4.78, 5) is 12.8. The Labute approximate surface area is 197 Å². The van der Waals surface area contributed by atoms with Crippen molar-refractivity contribution in [3.05, 3.63) is 101 Å². The van der Waals surface area contributed by atoms with Crippen molar-refractivity contribution in [3.8, 4) is 6.07 Å². The highest BCUT2D eigenvalue weighted by atomic mass is 32.2. The maximum absolute atomic E-state index is 13.4. The molecule has 1 aliphatic rings. The fraction of sp³-hybridized carbons (Fsp3) is 0.0833. The van der Waals surface area contributed by atoms with E-state index in [0.29, 0.717) is 10.6 Å². The van der Waals surface area contributed by atoms with E-state index in [-0.39, 0.29) is 32.2 Å². The maximum Gasteiger partial charge on any atom is 0.338 e. The second kappa shape index (κ2) is 8.44. The number of amides is 1. The summed E-state index contributed by atoms with van der Waals surface area (Å²) < 4.78 is 57.8. The highest BCUT2D eigenvalue weighted by molar-refractivity contribution is 7.90. The molecule has 172 valence electrons. The maximum atomic E-state index is 13.4. The largest absolute Gasteiger partial charge is 0.385 e. The minimum Gasteiger partial charge on any atom is -0.385 e. The molecule has 1 heterocycles. The van der Waals surface area contributed by atoms with Crippen molar-refractivity contribution in [3.63, 3.8) is 0 Å². The highest BCUT2D eigenvalue weighted by Gasteiger charge is 2.42. The number of nitriles is 1. The van der Waals surface area contributed by atoms with Gasteiger partial charge in [0, 0.05) is 5.56 Å². The predicted molar refractivity (Wildman–Crippen MR) is 123 cm³/mol. The summed E-state index contributed by atoms with van der Waals surface area (Å²) in [6.45, 7) is 3.58. The SMILES string of the molecule is Cc1ccc(S(=O)(=O)O/C=C2\c3cc(C#N)ccc3C(=O)N2S(=O)(=O)c2ccc(C)cc2)cc1. The van der Waals surface area contributed by atoms with Gasteiger partial charge < -0.3 is 4.18 Å².